The zero-order chi connectivity index (χ0) is 23.8. The normalized spacial score (nSPS) is 13.4. The minimum absolute atomic E-state index is 0.0301. The molecule has 3 heterocycles. The lowest BCUT2D eigenvalue weighted by Crippen LogP contribution is -2.10. The van der Waals surface area contributed by atoms with Crippen LogP contribution in [0, 0.1) is 5.82 Å². The molecule has 0 spiro atoms. The van der Waals surface area contributed by atoms with Crippen molar-refractivity contribution in [1.29, 1.82) is 0 Å². The summed E-state index contributed by atoms with van der Waals surface area (Å²) in [6, 6.07) is 8.39. The van der Waals surface area contributed by atoms with E-state index in [0.29, 0.717) is 23.1 Å². The fourth-order valence-electron chi connectivity index (χ4n) is 3.95. The molecule has 1 aliphatic carbocycles. The van der Waals surface area contributed by atoms with Crippen molar-refractivity contribution in [1.82, 2.24) is 29.3 Å². The van der Waals surface area contributed by atoms with Crippen LogP contribution in [0.15, 0.2) is 49.2 Å². The number of carbonyl (C=O) groups excluding carboxylic acids is 1. The third-order valence-corrected chi connectivity index (χ3v) is 5.95. The van der Waals surface area contributed by atoms with Crippen LogP contribution < -0.4 is 4.74 Å². The van der Waals surface area contributed by atoms with Gasteiger partial charge in [0.05, 0.1) is 36.8 Å². The maximum atomic E-state index is 14.9. The smallest absolute Gasteiger partial charge is 0.182 e. The van der Waals surface area contributed by atoms with E-state index in [9.17, 15) is 9.18 Å². The van der Waals surface area contributed by atoms with Crippen molar-refractivity contribution in [3.63, 3.8) is 0 Å². The second-order valence-corrected chi connectivity index (χ2v) is 8.75. The van der Waals surface area contributed by atoms with Gasteiger partial charge in [-0.2, -0.15) is 0 Å². The number of pyridine rings is 1. The minimum atomic E-state index is -0.485. The van der Waals surface area contributed by atoms with Crippen LogP contribution in [-0.4, -0.2) is 42.2 Å². The number of hydrogen-bond donors (Lipinski definition) is 0. The highest BCUT2D eigenvalue weighted by Gasteiger charge is 2.26. The number of ketones is 1. The lowest BCUT2D eigenvalue weighted by Gasteiger charge is -2.12. The Kier molecular flexibility index (Phi) is 5.69. The second kappa shape index (κ2) is 8.81. The summed E-state index contributed by atoms with van der Waals surface area (Å²) in [5, 5.41) is 8.17. The summed E-state index contributed by atoms with van der Waals surface area (Å²) in [4.78, 5) is 22.3. The van der Waals surface area contributed by atoms with Gasteiger partial charge in [-0.05, 0) is 44.9 Å². The molecule has 8 nitrogen and oxygen atoms in total. The summed E-state index contributed by atoms with van der Waals surface area (Å²) >= 11 is 0. The quantitative estimate of drug-likeness (QED) is 0.358. The molecule has 3 aromatic heterocycles. The molecule has 1 aromatic carbocycles. The number of rotatable bonds is 8. The summed E-state index contributed by atoms with van der Waals surface area (Å²) in [6.45, 7) is 4.07. The third-order valence-electron chi connectivity index (χ3n) is 5.95. The van der Waals surface area contributed by atoms with Gasteiger partial charge in [-0.1, -0.05) is 6.07 Å². The molecule has 0 bridgehead atoms. The zero-order valence-electron chi connectivity index (χ0n) is 19.3. The Morgan fingerprint density at radius 2 is 2.06 bits per heavy atom. The van der Waals surface area contributed by atoms with Crippen molar-refractivity contribution >= 4 is 5.78 Å². The molecule has 34 heavy (non-hydrogen) atoms. The van der Waals surface area contributed by atoms with E-state index >= 15 is 0 Å². The molecule has 0 radical (unpaired) electrons. The summed E-state index contributed by atoms with van der Waals surface area (Å²) in [5.41, 5.74) is 2.70. The molecule has 0 atom stereocenters. The highest BCUT2D eigenvalue weighted by Crippen LogP contribution is 2.39. The van der Waals surface area contributed by atoms with Crippen molar-refractivity contribution < 1.29 is 13.9 Å². The lowest BCUT2D eigenvalue weighted by molar-refractivity contribution is 0.0989. The van der Waals surface area contributed by atoms with Crippen LogP contribution >= 0.6 is 0 Å². The molecule has 0 unspecified atom stereocenters. The molecular formula is C25H25FN6O2. The molecule has 1 aliphatic rings. The van der Waals surface area contributed by atoms with E-state index in [-0.39, 0.29) is 35.2 Å². The molecule has 0 saturated heterocycles. The van der Waals surface area contributed by atoms with Gasteiger partial charge in [0.25, 0.3) is 0 Å². The average molecular weight is 461 g/mol. The van der Waals surface area contributed by atoms with Crippen LogP contribution in [0.5, 0.6) is 5.75 Å². The van der Waals surface area contributed by atoms with Gasteiger partial charge in [0.15, 0.2) is 17.4 Å². The van der Waals surface area contributed by atoms with Crippen molar-refractivity contribution in [2.24, 2.45) is 0 Å². The van der Waals surface area contributed by atoms with Gasteiger partial charge >= 0.3 is 0 Å². The van der Waals surface area contributed by atoms with Gasteiger partial charge in [-0.15, -0.1) is 10.2 Å². The first-order chi connectivity index (χ1) is 16.4. The highest BCUT2D eigenvalue weighted by molar-refractivity contribution is 6.00. The molecule has 174 valence electrons. The minimum Gasteiger partial charge on any atom is -0.496 e. The first kappa shape index (κ1) is 21.9. The van der Waals surface area contributed by atoms with Crippen LogP contribution in [0.2, 0.25) is 0 Å². The number of carbonyl (C=O) groups is 1. The lowest BCUT2D eigenvalue weighted by atomic mass is 10.0. The van der Waals surface area contributed by atoms with E-state index in [2.05, 4.69) is 20.2 Å². The van der Waals surface area contributed by atoms with Crippen molar-refractivity contribution in [2.45, 2.75) is 45.1 Å². The van der Waals surface area contributed by atoms with E-state index in [4.69, 9.17) is 4.74 Å². The molecule has 0 aliphatic heterocycles. The number of benzene rings is 1. The number of halogens is 1. The zero-order valence-corrected chi connectivity index (χ0v) is 19.3. The van der Waals surface area contributed by atoms with Crippen LogP contribution in [0.4, 0.5) is 4.39 Å². The number of ether oxygens (including phenoxy) is 1. The van der Waals surface area contributed by atoms with Crippen LogP contribution in [0.3, 0.4) is 0 Å². The van der Waals surface area contributed by atoms with Gasteiger partial charge < -0.3 is 13.9 Å². The number of imidazole rings is 1. The fourth-order valence-corrected chi connectivity index (χ4v) is 3.95. The summed E-state index contributed by atoms with van der Waals surface area (Å²) in [6.07, 6.45) is 7.31. The number of methoxy groups -OCH3 is 1. The summed E-state index contributed by atoms with van der Waals surface area (Å²) in [7, 11) is 1.42. The number of nitrogens with zero attached hydrogens (tertiary/aromatic N) is 6. The Balaban J connectivity index is 1.45. The molecule has 5 rings (SSSR count). The number of hydrogen-bond acceptors (Lipinski definition) is 6. The van der Waals surface area contributed by atoms with E-state index in [1.54, 1.807) is 23.3 Å². The molecule has 1 saturated carbocycles. The number of Topliss-reactive ketones (excluding diaryl/α,β-unsaturated/α-hetero) is 1. The maximum absolute atomic E-state index is 14.9. The van der Waals surface area contributed by atoms with Gasteiger partial charge in [0.2, 0.25) is 0 Å². The molecule has 0 N–H and O–H groups in total. The van der Waals surface area contributed by atoms with Gasteiger partial charge in [-0.25, -0.2) is 14.4 Å². The second-order valence-electron chi connectivity index (χ2n) is 8.75. The van der Waals surface area contributed by atoms with E-state index in [1.165, 1.54) is 19.2 Å². The molecule has 9 heteroatoms. The molecular weight excluding hydrogens is 435 g/mol. The first-order valence-corrected chi connectivity index (χ1v) is 11.3. The summed E-state index contributed by atoms with van der Waals surface area (Å²) in [5.74, 6) is 0.558. The standard InChI is InChI=1S/C25H25FN6O2/c1-15(2)32-14-28-30-25(32)20-6-4-5-17(29-20)9-23(33)18-10-22(19(26)11-24(18)34-3)31-12-21(27-13-31)16-7-8-16/h4-6,10-16H,7-9H2,1-3H3. The Morgan fingerprint density at radius 1 is 1.24 bits per heavy atom. The fraction of sp³-hybridized carbons (Fsp3) is 0.320. The predicted molar refractivity (Wildman–Crippen MR) is 124 cm³/mol. The van der Waals surface area contributed by atoms with Crippen molar-refractivity contribution in [2.75, 3.05) is 7.11 Å². The number of aromatic nitrogens is 6. The van der Waals surface area contributed by atoms with Crippen molar-refractivity contribution in [3.05, 3.63) is 72.0 Å². The Morgan fingerprint density at radius 3 is 2.79 bits per heavy atom. The van der Waals surface area contributed by atoms with E-state index in [1.807, 2.05) is 36.7 Å². The Labute approximate surface area is 196 Å². The van der Waals surface area contributed by atoms with Crippen LogP contribution in [-0.2, 0) is 6.42 Å². The Bertz CT molecular complexity index is 1360. The monoisotopic (exact) mass is 460 g/mol. The maximum Gasteiger partial charge on any atom is 0.182 e. The van der Waals surface area contributed by atoms with Crippen LogP contribution in [0.25, 0.3) is 17.2 Å². The van der Waals surface area contributed by atoms with Crippen LogP contribution in [0.1, 0.15) is 60.4 Å². The molecule has 0 amide bonds. The SMILES string of the molecule is COc1cc(F)c(-n2cnc(C3CC3)c2)cc1C(=O)Cc1cccc(-c2nncn2C(C)C)n1. The van der Waals surface area contributed by atoms with Gasteiger partial charge in [0.1, 0.15) is 17.8 Å². The predicted octanol–water partition coefficient (Wildman–Crippen LogP) is 4.56. The molecule has 4 aromatic rings. The highest BCUT2D eigenvalue weighted by atomic mass is 19.1. The van der Waals surface area contributed by atoms with Gasteiger partial charge in [0, 0.05) is 29.9 Å². The molecule has 1 fully saturated rings. The van der Waals surface area contributed by atoms with E-state index in [0.717, 1.165) is 18.5 Å². The summed E-state index contributed by atoms with van der Waals surface area (Å²) < 4.78 is 23.7. The Hall–Kier alpha value is -3.88. The average Bonchev–Trinajstić information content (AvgIpc) is 3.34. The largest absolute Gasteiger partial charge is 0.496 e. The van der Waals surface area contributed by atoms with Gasteiger partial charge in [-0.3, -0.25) is 4.79 Å². The topological polar surface area (TPSA) is 87.7 Å². The first-order valence-electron chi connectivity index (χ1n) is 11.3. The van der Waals surface area contributed by atoms with Crippen molar-refractivity contribution in [3.8, 4) is 23.0 Å². The van der Waals surface area contributed by atoms with E-state index < -0.39 is 5.82 Å². The third kappa shape index (κ3) is 4.21.